The van der Waals surface area contributed by atoms with Gasteiger partial charge in [-0.2, -0.15) is 43.2 Å². The van der Waals surface area contributed by atoms with Crippen molar-refractivity contribution in [3.63, 3.8) is 0 Å². The molecule has 0 unspecified atom stereocenters. The number of halogens is 6. The fourth-order valence-electron chi connectivity index (χ4n) is 3.28. The van der Waals surface area contributed by atoms with Gasteiger partial charge in [0, 0.05) is 12.8 Å². The Morgan fingerprint density at radius 3 is 1.27 bits per heavy atom. The summed E-state index contributed by atoms with van der Waals surface area (Å²) in [5.74, 6) is -1.48. The van der Waals surface area contributed by atoms with Crippen LogP contribution in [0.5, 0.6) is 0 Å². The second-order valence-electron chi connectivity index (χ2n) is 7.70. The normalized spacial score (nSPS) is 16.7. The summed E-state index contributed by atoms with van der Waals surface area (Å²) in [5, 5.41) is 0. The minimum Gasteiger partial charge on any atom is -0.347 e. The molecule has 0 aromatic heterocycles. The van der Waals surface area contributed by atoms with Crippen LogP contribution in [0.15, 0.2) is 58.3 Å². The third kappa shape index (κ3) is 7.64. The van der Waals surface area contributed by atoms with E-state index < -0.39 is 72.5 Å². The van der Waals surface area contributed by atoms with Crippen LogP contribution in [0.4, 0.5) is 26.3 Å². The third-order valence-electron chi connectivity index (χ3n) is 5.20. The molecule has 2 aromatic carbocycles. The molecule has 0 saturated carbocycles. The summed E-state index contributed by atoms with van der Waals surface area (Å²) in [6.45, 7) is -0.849. The Labute approximate surface area is 208 Å². The number of benzene rings is 2. The summed E-state index contributed by atoms with van der Waals surface area (Å²) in [4.78, 5) is -1.01. The quantitative estimate of drug-likeness (QED) is 0.303. The molecule has 1 aliphatic rings. The zero-order valence-electron chi connectivity index (χ0n) is 18.7. The summed E-state index contributed by atoms with van der Waals surface area (Å²) in [6, 6.07) is 5.36. The molecule has 0 N–H and O–H groups in total. The lowest BCUT2D eigenvalue weighted by Crippen LogP contribution is -2.34. The van der Waals surface area contributed by atoms with Gasteiger partial charge in [0.05, 0.1) is 47.3 Å². The summed E-state index contributed by atoms with van der Waals surface area (Å²) in [7, 11) is -8.84. The highest BCUT2D eigenvalue weighted by atomic mass is 32.2. The molecule has 206 valence electrons. The van der Waals surface area contributed by atoms with E-state index >= 15 is 0 Å². The van der Waals surface area contributed by atoms with Crippen molar-refractivity contribution in [2.75, 3.05) is 26.4 Å². The molecule has 1 heterocycles. The maximum Gasteiger partial charge on any atom is 0.416 e. The first-order valence-corrected chi connectivity index (χ1v) is 13.3. The van der Waals surface area contributed by atoms with E-state index in [1.807, 2.05) is 0 Å². The first-order chi connectivity index (χ1) is 17.0. The van der Waals surface area contributed by atoms with E-state index in [0.29, 0.717) is 24.3 Å². The second-order valence-corrected chi connectivity index (χ2v) is 10.9. The van der Waals surface area contributed by atoms with Crippen LogP contribution in [-0.2, 0) is 50.4 Å². The van der Waals surface area contributed by atoms with Crippen molar-refractivity contribution >= 4 is 20.2 Å². The van der Waals surface area contributed by atoms with E-state index in [4.69, 9.17) is 17.8 Å². The van der Waals surface area contributed by atoms with Gasteiger partial charge in [-0.3, -0.25) is 8.37 Å². The van der Waals surface area contributed by atoms with Crippen LogP contribution in [0, 0.1) is 0 Å². The van der Waals surface area contributed by atoms with E-state index in [1.54, 1.807) is 0 Å². The molecule has 3 rings (SSSR count). The lowest BCUT2D eigenvalue weighted by Gasteiger charge is -2.27. The van der Waals surface area contributed by atoms with Gasteiger partial charge in [0.2, 0.25) is 0 Å². The molecule has 37 heavy (non-hydrogen) atoms. The van der Waals surface area contributed by atoms with Crippen molar-refractivity contribution in [1.29, 1.82) is 0 Å². The minimum atomic E-state index is -4.64. The van der Waals surface area contributed by atoms with Gasteiger partial charge in [-0.05, 0) is 48.5 Å². The largest absolute Gasteiger partial charge is 0.416 e. The summed E-state index contributed by atoms with van der Waals surface area (Å²) in [5.41, 5.74) is -2.08. The molecule has 0 radical (unpaired) electrons. The molecular formula is C21H20F6O8S2. The lowest BCUT2D eigenvalue weighted by molar-refractivity contribution is -0.174. The van der Waals surface area contributed by atoms with Gasteiger partial charge < -0.3 is 9.47 Å². The topological polar surface area (TPSA) is 105 Å². The Balaban J connectivity index is 1.57. The van der Waals surface area contributed by atoms with E-state index in [9.17, 15) is 43.2 Å². The van der Waals surface area contributed by atoms with E-state index in [1.165, 1.54) is 0 Å². The molecule has 16 heteroatoms. The fraction of sp³-hybridized carbons (Fsp3) is 0.429. The highest BCUT2D eigenvalue weighted by Gasteiger charge is 2.38. The zero-order chi connectivity index (χ0) is 27.5. The predicted octanol–water partition coefficient (Wildman–Crippen LogP) is 4.36. The second kappa shape index (κ2) is 10.9. The molecule has 2 aromatic rings. The van der Waals surface area contributed by atoms with Crippen LogP contribution in [-0.4, -0.2) is 49.1 Å². The lowest BCUT2D eigenvalue weighted by atomic mass is 10.1. The molecule has 0 aliphatic carbocycles. The third-order valence-corrected chi connectivity index (χ3v) is 7.85. The molecule has 1 saturated heterocycles. The number of hydrogen-bond donors (Lipinski definition) is 0. The highest BCUT2D eigenvalue weighted by Crippen LogP contribution is 2.32. The molecule has 1 aliphatic heterocycles. The van der Waals surface area contributed by atoms with E-state index in [-0.39, 0.29) is 26.1 Å². The Hall–Kier alpha value is -2.24. The number of hydrogen-bond acceptors (Lipinski definition) is 8. The van der Waals surface area contributed by atoms with Crippen LogP contribution >= 0.6 is 0 Å². The van der Waals surface area contributed by atoms with Crippen molar-refractivity contribution in [2.45, 2.75) is 40.8 Å². The summed E-state index contributed by atoms with van der Waals surface area (Å²) in [6.07, 6.45) is -9.71. The van der Waals surface area contributed by atoms with Crippen molar-refractivity contribution in [1.82, 2.24) is 0 Å². The smallest absolute Gasteiger partial charge is 0.347 e. The van der Waals surface area contributed by atoms with Gasteiger partial charge in [0.25, 0.3) is 20.2 Å². The first-order valence-electron chi connectivity index (χ1n) is 10.5. The van der Waals surface area contributed by atoms with Gasteiger partial charge in [-0.15, -0.1) is 0 Å². The number of rotatable bonds is 10. The van der Waals surface area contributed by atoms with E-state index in [2.05, 4.69) is 0 Å². The molecule has 1 fully saturated rings. The van der Waals surface area contributed by atoms with Crippen LogP contribution in [0.1, 0.15) is 24.0 Å². The first kappa shape index (κ1) is 29.3. The van der Waals surface area contributed by atoms with Crippen LogP contribution in [0.3, 0.4) is 0 Å². The number of ether oxygens (including phenoxy) is 2. The Kier molecular flexibility index (Phi) is 8.61. The van der Waals surface area contributed by atoms with Gasteiger partial charge in [0.1, 0.15) is 0 Å². The Morgan fingerprint density at radius 2 is 0.973 bits per heavy atom. The molecule has 8 nitrogen and oxygen atoms in total. The standard InChI is InChI=1S/C21H20F6O8S2/c22-20(23,24)15-1-5-17(6-2-15)36(28,29)34-11-9-19(32-13-14-33-19)10-12-35-37(30,31)18-7-3-16(4-8-18)21(25,26)27/h1-8H,9-14H2. The van der Waals surface area contributed by atoms with Crippen LogP contribution < -0.4 is 0 Å². The minimum absolute atomic E-state index is 0.0946. The van der Waals surface area contributed by atoms with Gasteiger partial charge >= 0.3 is 12.4 Å². The fourth-order valence-corrected chi connectivity index (χ4v) is 5.10. The average Bonchev–Trinajstić information content (AvgIpc) is 3.26. The average molecular weight is 579 g/mol. The molecule has 0 amide bonds. The molecule has 0 bridgehead atoms. The Bertz CT molecular complexity index is 1170. The van der Waals surface area contributed by atoms with Gasteiger partial charge in [-0.25, -0.2) is 0 Å². The Morgan fingerprint density at radius 1 is 0.649 bits per heavy atom. The van der Waals surface area contributed by atoms with Gasteiger partial charge in [-0.1, -0.05) is 0 Å². The van der Waals surface area contributed by atoms with Gasteiger partial charge in [0.15, 0.2) is 5.79 Å². The maximum atomic E-state index is 12.7. The van der Waals surface area contributed by atoms with Crippen molar-refractivity contribution in [3.8, 4) is 0 Å². The van der Waals surface area contributed by atoms with Crippen LogP contribution in [0.25, 0.3) is 0 Å². The summed E-state index contributed by atoms with van der Waals surface area (Å²) < 4.78 is 146. The number of alkyl halides is 6. The molecule has 0 atom stereocenters. The summed E-state index contributed by atoms with van der Waals surface area (Å²) >= 11 is 0. The molecule has 0 spiro atoms. The maximum absolute atomic E-state index is 12.7. The SMILES string of the molecule is O=S(=O)(OCCC1(CCOS(=O)(=O)c2ccc(C(F)(F)F)cc2)OCCO1)c1ccc(C(F)(F)F)cc1. The van der Waals surface area contributed by atoms with Crippen molar-refractivity contribution < 1.29 is 61.0 Å². The van der Waals surface area contributed by atoms with Crippen molar-refractivity contribution in [3.05, 3.63) is 59.7 Å². The van der Waals surface area contributed by atoms with Crippen LogP contribution in [0.2, 0.25) is 0 Å². The highest BCUT2D eigenvalue weighted by molar-refractivity contribution is 7.87. The van der Waals surface area contributed by atoms with Crippen molar-refractivity contribution in [2.24, 2.45) is 0 Å². The zero-order valence-corrected chi connectivity index (χ0v) is 20.3. The monoisotopic (exact) mass is 578 g/mol. The predicted molar refractivity (Wildman–Crippen MR) is 113 cm³/mol. The van der Waals surface area contributed by atoms with E-state index in [0.717, 1.165) is 24.3 Å². The molecular weight excluding hydrogens is 558 g/mol.